The normalized spacial score (nSPS) is 11.4. The van der Waals surface area contributed by atoms with Gasteiger partial charge in [-0.2, -0.15) is 0 Å². The average Bonchev–Trinajstić information content (AvgIpc) is 2.59. The van der Waals surface area contributed by atoms with Crippen LogP contribution in [0.5, 0.6) is 11.5 Å². The molecule has 0 amide bonds. The highest BCUT2D eigenvalue weighted by Gasteiger charge is 2.11. The second-order valence-electron chi connectivity index (χ2n) is 4.99. The summed E-state index contributed by atoms with van der Waals surface area (Å²) in [6.45, 7) is 4.07. The molecule has 0 spiro atoms. The monoisotopic (exact) mass is 332 g/mol. The molecule has 0 aliphatic carbocycles. The van der Waals surface area contributed by atoms with Gasteiger partial charge in [-0.1, -0.05) is 19.4 Å². The van der Waals surface area contributed by atoms with E-state index in [-0.39, 0.29) is 5.78 Å². The number of hydrogen-bond donors (Lipinski definition) is 0. The van der Waals surface area contributed by atoms with Gasteiger partial charge in [-0.15, -0.1) is 0 Å². The number of rotatable bonds is 9. The van der Waals surface area contributed by atoms with Crippen molar-refractivity contribution in [2.45, 2.75) is 26.7 Å². The predicted molar refractivity (Wildman–Crippen MR) is 92.6 cm³/mol. The molecular weight excluding hydrogens is 308 g/mol. The first kappa shape index (κ1) is 19.5. The maximum Gasteiger partial charge on any atom is 0.331 e. The first-order chi connectivity index (χ1) is 11.5. The molecule has 1 rings (SSSR count). The molecule has 0 aliphatic rings. The summed E-state index contributed by atoms with van der Waals surface area (Å²) < 4.78 is 15.3. The highest BCUT2D eigenvalue weighted by atomic mass is 16.5. The molecule has 0 unspecified atom stereocenters. The van der Waals surface area contributed by atoms with Gasteiger partial charge in [0.1, 0.15) is 11.5 Å². The molecule has 0 saturated carbocycles. The van der Waals surface area contributed by atoms with Crippen molar-refractivity contribution in [3.05, 3.63) is 47.6 Å². The van der Waals surface area contributed by atoms with Gasteiger partial charge in [0.2, 0.25) is 0 Å². The van der Waals surface area contributed by atoms with Gasteiger partial charge in [0.15, 0.2) is 5.78 Å². The Balaban J connectivity index is 3.02. The van der Waals surface area contributed by atoms with E-state index in [0.29, 0.717) is 30.1 Å². The minimum Gasteiger partial charge on any atom is -0.497 e. The van der Waals surface area contributed by atoms with E-state index in [1.807, 2.05) is 6.92 Å². The van der Waals surface area contributed by atoms with Crippen LogP contribution in [0.1, 0.15) is 37.0 Å². The van der Waals surface area contributed by atoms with Crippen molar-refractivity contribution >= 4 is 11.8 Å². The van der Waals surface area contributed by atoms with Gasteiger partial charge in [0, 0.05) is 6.08 Å². The standard InChI is InChI=1S/C19H24O5/c1-5-7-14(12-19(21)24-6-2)8-10-17(20)16-13-15(22-3)9-11-18(16)23-4/h8-13H,5-7H2,1-4H3/b10-8+,14-12+. The van der Waals surface area contributed by atoms with Crippen LogP contribution in [0.2, 0.25) is 0 Å². The Morgan fingerprint density at radius 2 is 1.83 bits per heavy atom. The van der Waals surface area contributed by atoms with Crippen molar-refractivity contribution in [1.82, 2.24) is 0 Å². The Hall–Kier alpha value is -2.56. The molecule has 0 N–H and O–H groups in total. The largest absolute Gasteiger partial charge is 0.497 e. The second-order valence-corrected chi connectivity index (χ2v) is 4.99. The van der Waals surface area contributed by atoms with Crippen molar-refractivity contribution in [1.29, 1.82) is 0 Å². The fourth-order valence-corrected chi connectivity index (χ4v) is 2.11. The van der Waals surface area contributed by atoms with Crippen LogP contribution >= 0.6 is 0 Å². The van der Waals surface area contributed by atoms with Gasteiger partial charge in [-0.25, -0.2) is 4.79 Å². The fourth-order valence-electron chi connectivity index (χ4n) is 2.11. The Kier molecular flexibility index (Phi) is 8.33. The van der Waals surface area contributed by atoms with Crippen LogP contribution in [0.3, 0.4) is 0 Å². The fraction of sp³-hybridized carbons (Fsp3) is 0.368. The van der Waals surface area contributed by atoms with Crippen LogP contribution < -0.4 is 9.47 Å². The molecule has 1 aromatic carbocycles. The lowest BCUT2D eigenvalue weighted by Gasteiger charge is -2.08. The first-order valence-electron chi connectivity index (χ1n) is 7.87. The van der Waals surface area contributed by atoms with Crippen LogP contribution in [0.25, 0.3) is 0 Å². The van der Waals surface area contributed by atoms with Crippen LogP contribution in [0, 0.1) is 0 Å². The molecule has 0 bridgehead atoms. The molecule has 5 heteroatoms. The Labute approximate surface area is 142 Å². The van der Waals surface area contributed by atoms with E-state index in [9.17, 15) is 9.59 Å². The van der Waals surface area contributed by atoms with E-state index in [1.165, 1.54) is 26.4 Å². The summed E-state index contributed by atoms with van der Waals surface area (Å²) in [5, 5.41) is 0. The lowest BCUT2D eigenvalue weighted by molar-refractivity contribution is -0.137. The molecule has 0 heterocycles. The first-order valence-corrected chi connectivity index (χ1v) is 7.87. The maximum atomic E-state index is 12.4. The van der Waals surface area contributed by atoms with Crippen molar-refractivity contribution in [2.75, 3.05) is 20.8 Å². The number of hydrogen-bond acceptors (Lipinski definition) is 5. The highest BCUT2D eigenvalue weighted by molar-refractivity contribution is 6.07. The van der Waals surface area contributed by atoms with Gasteiger partial charge in [-0.3, -0.25) is 4.79 Å². The number of allylic oxidation sites excluding steroid dienone is 3. The topological polar surface area (TPSA) is 61.8 Å². The number of carbonyl (C=O) groups is 2. The number of methoxy groups -OCH3 is 2. The van der Waals surface area contributed by atoms with Crippen molar-refractivity contribution in [2.24, 2.45) is 0 Å². The quantitative estimate of drug-likeness (QED) is 0.298. The van der Waals surface area contributed by atoms with Crippen LogP contribution in [-0.4, -0.2) is 32.6 Å². The van der Waals surface area contributed by atoms with Gasteiger partial charge in [-0.05, 0) is 43.2 Å². The van der Waals surface area contributed by atoms with E-state index in [4.69, 9.17) is 14.2 Å². The van der Waals surface area contributed by atoms with E-state index in [2.05, 4.69) is 0 Å². The Bertz CT molecular complexity index is 629. The van der Waals surface area contributed by atoms with Gasteiger partial charge >= 0.3 is 5.97 Å². The third-order valence-electron chi connectivity index (χ3n) is 3.25. The van der Waals surface area contributed by atoms with E-state index >= 15 is 0 Å². The summed E-state index contributed by atoms with van der Waals surface area (Å²) in [6.07, 6.45) is 6.02. The molecule has 0 aromatic heterocycles. The van der Waals surface area contributed by atoms with Crippen molar-refractivity contribution in [3.8, 4) is 11.5 Å². The molecular formula is C19H24O5. The zero-order valence-corrected chi connectivity index (χ0v) is 14.6. The second kappa shape index (κ2) is 10.3. The summed E-state index contributed by atoms with van der Waals surface area (Å²) in [5.74, 6) is 0.411. The molecule has 0 aliphatic heterocycles. The van der Waals surface area contributed by atoms with Gasteiger partial charge < -0.3 is 14.2 Å². The Morgan fingerprint density at radius 3 is 2.42 bits per heavy atom. The number of benzene rings is 1. The number of carbonyl (C=O) groups excluding carboxylic acids is 2. The summed E-state index contributed by atoms with van der Waals surface area (Å²) in [6, 6.07) is 5.03. The summed E-state index contributed by atoms with van der Waals surface area (Å²) in [5.41, 5.74) is 1.14. The Morgan fingerprint density at radius 1 is 1.08 bits per heavy atom. The molecule has 130 valence electrons. The summed E-state index contributed by atoms with van der Waals surface area (Å²) in [4.78, 5) is 24.0. The molecule has 1 aromatic rings. The predicted octanol–water partition coefficient (Wildman–Crippen LogP) is 3.73. The summed E-state index contributed by atoms with van der Waals surface area (Å²) >= 11 is 0. The van der Waals surface area contributed by atoms with Crippen molar-refractivity contribution in [3.63, 3.8) is 0 Å². The minimum atomic E-state index is -0.406. The number of esters is 1. The van der Waals surface area contributed by atoms with Crippen LogP contribution in [-0.2, 0) is 9.53 Å². The minimum absolute atomic E-state index is 0.225. The van der Waals surface area contributed by atoms with Gasteiger partial charge in [0.05, 0.1) is 26.4 Å². The summed E-state index contributed by atoms with van der Waals surface area (Å²) in [7, 11) is 3.04. The smallest absolute Gasteiger partial charge is 0.331 e. The zero-order chi connectivity index (χ0) is 17.9. The number of ketones is 1. The molecule has 0 radical (unpaired) electrons. The average molecular weight is 332 g/mol. The third-order valence-corrected chi connectivity index (χ3v) is 3.25. The van der Waals surface area contributed by atoms with Crippen molar-refractivity contribution < 1.29 is 23.8 Å². The van der Waals surface area contributed by atoms with E-state index < -0.39 is 5.97 Å². The lowest BCUT2D eigenvalue weighted by Crippen LogP contribution is -2.02. The van der Waals surface area contributed by atoms with Crippen LogP contribution in [0.4, 0.5) is 0 Å². The lowest BCUT2D eigenvalue weighted by atomic mass is 10.1. The molecule has 0 fully saturated rings. The highest BCUT2D eigenvalue weighted by Crippen LogP contribution is 2.25. The third kappa shape index (κ3) is 5.91. The van der Waals surface area contributed by atoms with Gasteiger partial charge in [0.25, 0.3) is 0 Å². The molecule has 5 nitrogen and oxygen atoms in total. The van der Waals surface area contributed by atoms with E-state index in [1.54, 1.807) is 31.2 Å². The van der Waals surface area contributed by atoms with E-state index in [0.717, 1.165) is 12.0 Å². The molecule has 0 saturated heterocycles. The van der Waals surface area contributed by atoms with Crippen LogP contribution in [0.15, 0.2) is 42.0 Å². The SMILES string of the molecule is CCCC(/C=C/C(=O)c1cc(OC)ccc1OC)=C\C(=O)OCC. The molecule has 24 heavy (non-hydrogen) atoms. The maximum absolute atomic E-state index is 12.4. The number of ether oxygens (including phenoxy) is 3. The zero-order valence-electron chi connectivity index (χ0n) is 14.6. The molecule has 0 atom stereocenters.